The first kappa shape index (κ1) is 16.8. The molecule has 9 heteroatoms. The van der Waals surface area contributed by atoms with Crippen LogP contribution < -0.4 is 10.6 Å². The minimum Gasteiger partial charge on any atom is -0.479 e. The van der Waals surface area contributed by atoms with Crippen LogP contribution in [0.1, 0.15) is 6.42 Å². The van der Waals surface area contributed by atoms with Crippen LogP contribution in [0.5, 0.6) is 0 Å². The maximum atomic E-state index is 11.5. The van der Waals surface area contributed by atoms with Gasteiger partial charge >= 0.3 is 12.0 Å². The molecule has 0 saturated heterocycles. The molecule has 0 aliphatic heterocycles. The van der Waals surface area contributed by atoms with Gasteiger partial charge < -0.3 is 20.8 Å². The van der Waals surface area contributed by atoms with Gasteiger partial charge in [-0.1, -0.05) is 34.8 Å². The monoisotopic (exact) mass is 340 g/mol. The van der Waals surface area contributed by atoms with E-state index in [0.29, 0.717) is 0 Å². The molecular weight excluding hydrogens is 330 g/mol. The lowest BCUT2D eigenvalue weighted by Gasteiger charge is -2.11. The van der Waals surface area contributed by atoms with Crippen molar-refractivity contribution in [3.63, 3.8) is 0 Å². The van der Waals surface area contributed by atoms with Crippen molar-refractivity contribution < 1.29 is 19.8 Å². The van der Waals surface area contributed by atoms with E-state index in [1.165, 1.54) is 12.1 Å². The van der Waals surface area contributed by atoms with Crippen LogP contribution in [-0.2, 0) is 4.79 Å². The minimum absolute atomic E-state index is 0.0156. The van der Waals surface area contributed by atoms with E-state index in [-0.39, 0.29) is 33.7 Å². The molecule has 0 spiro atoms. The number of carboxylic acids is 1. The number of carbonyl (C=O) groups is 2. The van der Waals surface area contributed by atoms with Crippen LogP contribution in [0.3, 0.4) is 0 Å². The van der Waals surface area contributed by atoms with Crippen LogP contribution in [0.25, 0.3) is 0 Å². The normalized spacial score (nSPS) is 11.8. The molecule has 6 nitrogen and oxygen atoms in total. The van der Waals surface area contributed by atoms with Crippen LogP contribution in [-0.4, -0.2) is 34.9 Å². The Hall–Kier alpha value is -1.21. The zero-order valence-corrected chi connectivity index (χ0v) is 12.3. The van der Waals surface area contributed by atoms with Gasteiger partial charge in [0.25, 0.3) is 0 Å². The lowest BCUT2D eigenvalue weighted by atomic mass is 10.2. The summed E-state index contributed by atoms with van der Waals surface area (Å²) in [6.07, 6.45) is -1.64. The first-order chi connectivity index (χ1) is 9.31. The number of urea groups is 1. The van der Waals surface area contributed by atoms with E-state index in [1.54, 1.807) is 0 Å². The third kappa shape index (κ3) is 5.05. The average Bonchev–Trinajstić information content (AvgIpc) is 2.35. The number of carboxylic acid groups (broad SMARTS) is 1. The molecule has 0 aromatic heterocycles. The van der Waals surface area contributed by atoms with Crippen LogP contribution in [0.15, 0.2) is 12.1 Å². The second-order valence-electron chi connectivity index (χ2n) is 3.77. The number of anilines is 1. The summed E-state index contributed by atoms with van der Waals surface area (Å²) in [6.45, 7) is -0.0156. The van der Waals surface area contributed by atoms with Crippen molar-refractivity contribution in [1.82, 2.24) is 5.32 Å². The van der Waals surface area contributed by atoms with E-state index in [1.807, 2.05) is 0 Å². The number of amides is 2. The first-order valence-electron chi connectivity index (χ1n) is 5.41. The van der Waals surface area contributed by atoms with Gasteiger partial charge in [0, 0.05) is 13.0 Å². The second kappa shape index (κ2) is 7.54. The van der Waals surface area contributed by atoms with Crippen molar-refractivity contribution in [2.45, 2.75) is 12.5 Å². The standard InChI is InChI=1S/C11H11Cl3N2O4/c12-5-3-7(14)8(4-6(5)13)16-11(20)15-2-1-9(17)10(18)19/h3-4,9,17H,1-2H2,(H,18,19)(H2,15,16,20). The Labute approximate surface area is 129 Å². The number of aliphatic hydroxyl groups excluding tert-OH is 1. The summed E-state index contributed by atoms with van der Waals surface area (Å²) in [5, 5.41) is 23.0. The topological polar surface area (TPSA) is 98.7 Å². The van der Waals surface area contributed by atoms with Gasteiger partial charge in [0.05, 0.1) is 20.8 Å². The molecule has 20 heavy (non-hydrogen) atoms. The summed E-state index contributed by atoms with van der Waals surface area (Å²) in [4.78, 5) is 21.9. The fourth-order valence-corrected chi connectivity index (χ4v) is 1.82. The lowest BCUT2D eigenvalue weighted by Crippen LogP contribution is -2.33. The fraction of sp³-hybridized carbons (Fsp3) is 0.273. The maximum absolute atomic E-state index is 11.5. The van der Waals surface area contributed by atoms with E-state index >= 15 is 0 Å². The number of aliphatic hydroxyl groups is 1. The molecule has 1 unspecified atom stereocenters. The Balaban J connectivity index is 2.51. The molecule has 110 valence electrons. The van der Waals surface area contributed by atoms with Crippen molar-refractivity contribution in [3.8, 4) is 0 Å². The number of halogens is 3. The molecule has 1 atom stereocenters. The Morgan fingerprint density at radius 1 is 1.15 bits per heavy atom. The lowest BCUT2D eigenvalue weighted by molar-refractivity contribution is -0.146. The van der Waals surface area contributed by atoms with Crippen molar-refractivity contribution in [2.75, 3.05) is 11.9 Å². The Morgan fingerprint density at radius 2 is 1.75 bits per heavy atom. The van der Waals surface area contributed by atoms with Gasteiger partial charge in [-0.2, -0.15) is 0 Å². The van der Waals surface area contributed by atoms with E-state index in [0.717, 1.165) is 0 Å². The SMILES string of the molecule is O=C(NCCC(O)C(=O)O)Nc1cc(Cl)c(Cl)cc1Cl. The van der Waals surface area contributed by atoms with Gasteiger partial charge in [0.2, 0.25) is 0 Å². The van der Waals surface area contributed by atoms with Gasteiger partial charge in [0.15, 0.2) is 6.10 Å². The number of hydrogen-bond donors (Lipinski definition) is 4. The molecule has 0 fully saturated rings. The largest absolute Gasteiger partial charge is 0.479 e. The van der Waals surface area contributed by atoms with Crippen molar-refractivity contribution in [2.24, 2.45) is 0 Å². The molecule has 0 aliphatic carbocycles. The smallest absolute Gasteiger partial charge is 0.332 e. The summed E-state index contributed by atoms with van der Waals surface area (Å²) in [5.41, 5.74) is 0.261. The third-order valence-electron chi connectivity index (χ3n) is 2.25. The molecule has 0 heterocycles. The molecule has 4 N–H and O–H groups in total. The minimum atomic E-state index is -1.52. The fourth-order valence-electron chi connectivity index (χ4n) is 1.23. The molecule has 0 radical (unpaired) electrons. The molecule has 0 saturated carbocycles. The molecule has 0 bridgehead atoms. The van der Waals surface area contributed by atoms with Gasteiger partial charge in [-0.25, -0.2) is 9.59 Å². The summed E-state index contributed by atoms with van der Waals surface area (Å²) >= 11 is 17.4. The number of hydrogen-bond acceptors (Lipinski definition) is 3. The molecule has 1 aromatic carbocycles. The van der Waals surface area contributed by atoms with E-state index in [2.05, 4.69) is 10.6 Å². The van der Waals surface area contributed by atoms with E-state index < -0.39 is 18.1 Å². The summed E-state index contributed by atoms with van der Waals surface area (Å²) < 4.78 is 0. The second-order valence-corrected chi connectivity index (χ2v) is 4.99. The average molecular weight is 342 g/mol. The summed E-state index contributed by atoms with van der Waals surface area (Å²) in [5.74, 6) is -1.35. The Kier molecular flexibility index (Phi) is 6.35. The highest BCUT2D eigenvalue weighted by molar-refractivity contribution is 6.44. The Morgan fingerprint density at radius 3 is 2.35 bits per heavy atom. The summed E-state index contributed by atoms with van der Waals surface area (Å²) in [7, 11) is 0. The predicted octanol–water partition coefficient (Wildman–Crippen LogP) is 2.60. The number of carbonyl (C=O) groups excluding carboxylic acids is 1. The predicted molar refractivity (Wildman–Crippen MR) is 76.8 cm³/mol. The van der Waals surface area contributed by atoms with Crippen LogP contribution in [0.2, 0.25) is 15.1 Å². The van der Waals surface area contributed by atoms with Crippen LogP contribution in [0, 0.1) is 0 Å². The quantitative estimate of drug-likeness (QED) is 0.619. The van der Waals surface area contributed by atoms with Crippen molar-refractivity contribution in [1.29, 1.82) is 0 Å². The first-order valence-corrected chi connectivity index (χ1v) is 6.55. The number of aliphatic carboxylic acids is 1. The van der Waals surface area contributed by atoms with Gasteiger partial charge in [0.1, 0.15) is 0 Å². The number of nitrogens with one attached hydrogen (secondary N) is 2. The highest BCUT2D eigenvalue weighted by Gasteiger charge is 2.13. The van der Waals surface area contributed by atoms with Gasteiger partial charge in [-0.15, -0.1) is 0 Å². The number of benzene rings is 1. The highest BCUT2D eigenvalue weighted by Crippen LogP contribution is 2.32. The van der Waals surface area contributed by atoms with Gasteiger partial charge in [-0.05, 0) is 12.1 Å². The van der Waals surface area contributed by atoms with Gasteiger partial charge in [-0.3, -0.25) is 0 Å². The maximum Gasteiger partial charge on any atom is 0.332 e. The van der Waals surface area contributed by atoms with Crippen molar-refractivity contribution in [3.05, 3.63) is 27.2 Å². The van der Waals surface area contributed by atoms with E-state index in [9.17, 15) is 9.59 Å². The molecule has 0 aliphatic rings. The summed E-state index contributed by atoms with van der Waals surface area (Å²) in [6, 6.07) is 2.16. The zero-order chi connectivity index (χ0) is 15.3. The van der Waals surface area contributed by atoms with Crippen molar-refractivity contribution >= 4 is 52.5 Å². The number of rotatable bonds is 5. The Bertz CT molecular complexity index is 525. The van der Waals surface area contributed by atoms with Crippen LogP contribution in [0.4, 0.5) is 10.5 Å². The molecule has 1 rings (SSSR count). The third-order valence-corrected chi connectivity index (χ3v) is 3.28. The molecule has 1 aromatic rings. The molecular formula is C11H11Cl3N2O4. The van der Waals surface area contributed by atoms with Crippen LogP contribution >= 0.6 is 34.8 Å². The zero-order valence-electron chi connectivity index (χ0n) is 9.99. The van der Waals surface area contributed by atoms with E-state index in [4.69, 9.17) is 45.0 Å². The molecule has 2 amide bonds. The highest BCUT2D eigenvalue weighted by atomic mass is 35.5.